The van der Waals surface area contributed by atoms with Crippen molar-refractivity contribution in [1.29, 1.82) is 0 Å². The van der Waals surface area contributed by atoms with Crippen LogP contribution in [0.15, 0.2) is 0 Å². The van der Waals surface area contributed by atoms with Crippen LogP contribution in [-0.4, -0.2) is 59.2 Å². The molecule has 1 aliphatic rings. The van der Waals surface area contributed by atoms with Gasteiger partial charge in [-0.2, -0.15) is 0 Å². The van der Waals surface area contributed by atoms with E-state index in [0.29, 0.717) is 19.0 Å². The van der Waals surface area contributed by atoms with Gasteiger partial charge in [-0.1, -0.05) is 0 Å². The van der Waals surface area contributed by atoms with Gasteiger partial charge in [-0.05, 0) is 12.8 Å². The molecule has 0 spiro atoms. The summed E-state index contributed by atoms with van der Waals surface area (Å²) in [7, 11) is 3.31. The van der Waals surface area contributed by atoms with Crippen molar-refractivity contribution in [2.75, 3.05) is 27.2 Å². The van der Waals surface area contributed by atoms with Gasteiger partial charge in [0, 0.05) is 33.1 Å². The fourth-order valence-electron chi connectivity index (χ4n) is 1.50. The van der Waals surface area contributed by atoms with Gasteiger partial charge in [0.15, 0.2) is 0 Å². The molecule has 0 aromatic carbocycles. The van der Waals surface area contributed by atoms with E-state index in [1.165, 1.54) is 4.90 Å². The zero-order valence-electron chi connectivity index (χ0n) is 11.1. The highest BCUT2D eigenvalue weighted by atomic mass is 16.2. The van der Waals surface area contributed by atoms with Crippen LogP contribution in [0, 0.1) is 0 Å². The predicted octanol–water partition coefficient (Wildman–Crippen LogP) is -0.317. The molecule has 104 valence electrons. The van der Waals surface area contributed by atoms with Crippen molar-refractivity contribution >= 4 is 11.9 Å². The molecule has 0 bridgehead atoms. The summed E-state index contributed by atoms with van der Waals surface area (Å²) in [5.41, 5.74) is 0. The van der Waals surface area contributed by atoms with Gasteiger partial charge in [-0.15, -0.1) is 5.10 Å². The summed E-state index contributed by atoms with van der Waals surface area (Å²) >= 11 is 0. The SMILES string of the molecule is CN(C)C(=O)NCCNC(=O)c1n[nH]c(C2CC2)n1. The Bertz CT molecular complexity index is 466. The van der Waals surface area contributed by atoms with Crippen LogP contribution in [0.2, 0.25) is 0 Å². The van der Waals surface area contributed by atoms with Crippen molar-refractivity contribution < 1.29 is 9.59 Å². The molecule has 1 aliphatic carbocycles. The van der Waals surface area contributed by atoms with Crippen LogP contribution in [0.4, 0.5) is 4.79 Å². The number of hydrogen-bond acceptors (Lipinski definition) is 4. The second-order valence-corrected chi connectivity index (χ2v) is 4.70. The number of amides is 3. The van der Waals surface area contributed by atoms with Crippen LogP contribution in [-0.2, 0) is 0 Å². The third kappa shape index (κ3) is 3.67. The number of nitrogens with one attached hydrogen (secondary N) is 3. The molecular formula is C11H18N6O2. The Kier molecular flexibility index (Phi) is 3.98. The maximum Gasteiger partial charge on any atom is 0.316 e. The third-order valence-corrected chi connectivity index (χ3v) is 2.76. The number of nitrogens with zero attached hydrogens (tertiary/aromatic N) is 3. The van der Waals surface area contributed by atoms with Gasteiger partial charge in [0.25, 0.3) is 5.91 Å². The zero-order chi connectivity index (χ0) is 13.8. The van der Waals surface area contributed by atoms with E-state index in [-0.39, 0.29) is 17.8 Å². The van der Waals surface area contributed by atoms with Crippen molar-refractivity contribution in [2.24, 2.45) is 0 Å². The van der Waals surface area contributed by atoms with Crippen LogP contribution >= 0.6 is 0 Å². The van der Waals surface area contributed by atoms with Crippen molar-refractivity contribution in [3.8, 4) is 0 Å². The highest BCUT2D eigenvalue weighted by Crippen LogP contribution is 2.37. The molecule has 8 nitrogen and oxygen atoms in total. The topological polar surface area (TPSA) is 103 Å². The summed E-state index contributed by atoms with van der Waals surface area (Å²) in [5, 5.41) is 11.9. The highest BCUT2D eigenvalue weighted by Gasteiger charge is 2.28. The van der Waals surface area contributed by atoms with E-state index in [2.05, 4.69) is 25.8 Å². The minimum atomic E-state index is -0.331. The molecule has 0 aliphatic heterocycles. The lowest BCUT2D eigenvalue weighted by Crippen LogP contribution is -2.39. The maximum absolute atomic E-state index is 11.7. The van der Waals surface area contributed by atoms with Gasteiger partial charge >= 0.3 is 6.03 Å². The van der Waals surface area contributed by atoms with E-state index in [0.717, 1.165) is 18.7 Å². The lowest BCUT2D eigenvalue weighted by Gasteiger charge is -2.11. The molecule has 2 rings (SSSR count). The molecule has 1 aromatic rings. The van der Waals surface area contributed by atoms with E-state index in [4.69, 9.17) is 0 Å². The minimum absolute atomic E-state index is 0.154. The van der Waals surface area contributed by atoms with Gasteiger partial charge in [-0.3, -0.25) is 9.89 Å². The van der Waals surface area contributed by atoms with Gasteiger partial charge in [0.1, 0.15) is 5.82 Å². The van der Waals surface area contributed by atoms with Gasteiger partial charge in [-0.25, -0.2) is 9.78 Å². The first-order valence-electron chi connectivity index (χ1n) is 6.23. The average Bonchev–Trinajstić information content (AvgIpc) is 3.11. The Labute approximate surface area is 111 Å². The van der Waals surface area contributed by atoms with Gasteiger partial charge in [0.2, 0.25) is 5.82 Å². The van der Waals surface area contributed by atoms with E-state index in [1.54, 1.807) is 14.1 Å². The Hall–Kier alpha value is -2.12. The highest BCUT2D eigenvalue weighted by molar-refractivity contribution is 5.90. The summed E-state index contributed by atoms with van der Waals surface area (Å²) in [6.07, 6.45) is 2.21. The van der Waals surface area contributed by atoms with E-state index in [1.807, 2.05) is 0 Å². The Morgan fingerprint density at radius 3 is 2.63 bits per heavy atom. The summed E-state index contributed by atoms with van der Waals surface area (Å²) in [6, 6.07) is -0.192. The third-order valence-electron chi connectivity index (χ3n) is 2.76. The summed E-state index contributed by atoms with van der Waals surface area (Å²) in [4.78, 5) is 28.5. The molecule has 19 heavy (non-hydrogen) atoms. The fraction of sp³-hybridized carbons (Fsp3) is 0.636. The lowest BCUT2D eigenvalue weighted by molar-refractivity contribution is 0.0943. The average molecular weight is 266 g/mol. The van der Waals surface area contributed by atoms with Crippen LogP contribution in [0.1, 0.15) is 35.2 Å². The first kappa shape index (κ1) is 13.3. The van der Waals surface area contributed by atoms with Crippen LogP contribution in [0.25, 0.3) is 0 Å². The fourth-order valence-corrected chi connectivity index (χ4v) is 1.50. The summed E-state index contributed by atoms with van der Waals surface area (Å²) < 4.78 is 0. The quantitative estimate of drug-likeness (QED) is 0.636. The molecule has 0 radical (unpaired) electrons. The van der Waals surface area contributed by atoms with E-state index >= 15 is 0 Å². The molecule has 1 fully saturated rings. The largest absolute Gasteiger partial charge is 0.347 e. The van der Waals surface area contributed by atoms with Crippen LogP contribution in [0.5, 0.6) is 0 Å². The molecular weight excluding hydrogens is 248 g/mol. The standard InChI is InChI=1S/C11H18N6O2/c1-17(2)11(19)13-6-5-12-10(18)9-14-8(15-16-9)7-3-4-7/h7H,3-6H2,1-2H3,(H,12,18)(H,13,19)(H,14,15,16). The number of carbonyl (C=O) groups is 2. The molecule has 1 heterocycles. The monoisotopic (exact) mass is 266 g/mol. The number of rotatable bonds is 5. The molecule has 1 saturated carbocycles. The van der Waals surface area contributed by atoms with E-state index < -0.39 is 0 Å². The molecule has 0 atom stereocenters. The molecule has 0 saturated heterocycles. The van der Waals surface area contributed by atoms with Crippen molar-refractivity contribution in [3.05, 3.63) is 11.6 Å². The first-order chi connectivity index (χ1) is 9.08. The molecule has 0 unspecified atom stereocenters. The maximum atomic E-state index is 11.7. The second-order valence-electron chi connectivity index (χ2n) is 4.70. The van der Waals surface area contributed by atoms with E-state index in [9.17, 15) is 9.59 Å². The van der Waals surface area contributed by atoms with Gasteiger partial charge in [0.05, 0.1) is 0 Å². The van der Waals surface area contributed by atoms with Crippen molar-refractivity contribution in [3.63, 3.8) is 0 Å². The number of hydrogen-bond donors (Lipinski definition) is 3. The normalized spacial score (nSPS) is 14.0. The predicted molar refractivity (Wildman–Crippen MR) is 67.8 cm³/mol. The molecule has 3 N–H and O–H groups in total. The Balaban J connectivity index is 1.70. The van der Waals surface area contributed by atoms with Crippen LogP contribution in [0.3, 0.4) is 0 Å². The van der Waals surface area contributed by atoms with Crippen molar-refractivity contribution in [1.82, 2.24) is 30.7 Å². The number of aromatic amines is 1. The second kappa shape index (κ2) is 5.68. The van der Waals surface area contributed by atoms with Crippen LogP contribution < -0.4 is 10.6 Å². The lowest BCUT2D eigenvalue weighted by atomic mass is 10.4. The Morgan fingerprint density at radius 2 is 2.00 bits per heavy atom. The number of aromatic nitrogens is 3. The number of H-pyrrole nitrogens is 1. The number of carbonyl (C=O) groups excluding carboxylic acids is 2. The minimum Gasteiger partial charge on any atom is -0.347 e. The molecule has 8 heteroatoms. The zero-order valence-corrected chi connectivity index (χ0v) is 11.1. The smallest absolute Gasteiger partial charge is 0.316 e. The number of urea groups is 1. The van der Waals surface area contributed by atoms with Gasteiger partial charge < -0.3 is 15.5 Å². The van der Waals surface area contributed by atoms with Crippen molar-refractivity contribution in [2.45, 2.75) is 18.8 Å². The summed E-state index contributed by atoms with van der Waals surface area (Å²) in [5.74, 6) is 1.04. The molecule has 1 aromatic heterocycles. The molecule has 3 amide bonds. The summed E-state index contributed by atoms with van der Waals surface area (Å²) in [6.45, 7) is 0.703. The Morgan fingerprint density at radius 1 is 1.32 bits per heavy atom. The first-order valence-corrected chi connectivity index (χ1v) is 6.23.